The first-order valence-electron chi connectivity index (χ1n) is 8.19. The van der Waals surface area contributed by atoms with E-state index in [-0.39, 0.29) is 37.1 Å². The first-order valence-corrected chi connectivity index (χ1v) is 8.19. The summed E-state index contributed by atoms with van der Waals surface area (Å²) in [5.74, 6) is -1.97. The van der Waals surface area contributed by atoms with Crippen LogP contribution in [0.25, 0.3) is 0 Å². The summed E-state index contributed by atoms with van der Waals surface area (Å²) in [5.41, 5.74) is 1.16. The van der Waals surface area contributed by atoms with Crippen molar-refractivity contribution in [2.24, 2.45) is 0 Å². The van der Waals surface area contributed by atoms with Gasteiger partial charge in [-0.2, -0.15) is 0 Å². The van der Waals surface area contributed by atoms with E-state index in [4.69, 9.17) is 5.11 Å². The van der Waals surface area contributed by atoms with Crippen molar-refractivity contribution >= 4 is 35.1 Å². The third-order valence-electron chi connectivity index (χ3n) is 4.48. The third kappa shape index (κ3) is 3.47. The van der Waals surface area contributed by atoms with Crippen LogP contribution in [0, 0.1) is 0 Å². The summed E-state index contributed by atoms with van der Waals surface area (Å²) >= 11 is 0. The Balaban J connectivity index is 1.64. The quantitative estimate of drug-likeness (QED) is 0.840. The highest BCUT2D eigenvalue weighted by molar-refractivity contribution is 6.10. The molecule has 0 bridgehead atoms. The lowest BCUT2D eigenvalue weighted by Gasteiger charge is -2.29. The van der Waals surface area contributed by atoms with E-state index in [9.17, 15) is 19.2 Å². The van der Waals surface area contributed by atoms with Crippen LogP contribution in [0.4, 0.5) is 11.4 Å². The third-order valence-corrected chi connectivity index (χ3v) is 4.48. The van der Waals surface area contributed by atoms with Gasteiger partial charge in [0.15, 0.2) is 0 Å². The maximum absolute atomic E-state index is 12.5. The molecule has 3 amide bonds. The number of likely N-dealkylation sites (tertiary alicyclic amines) is 1. The Kier molecular flexibility index (Phi) is 4.69. The van der Waals surface area contributed by atoms with Crippen molar-refractivity contribution in [1.29, 1.82) is 0 Å². The zero-order valence-electron chi connectivity index (χ0n) is 13.6. The summed E-state index contributed by atoms with van der Waals surface area (Å²) < 4.78 is 0. The minimum absolute atomic E-state index is 0.0662. The van der Waals surface area contributed by atoms with Crippen molar-refractivity contribution in [3.05, 3.63) is 24.3 Å². The van der Waals surface area contributed by atoms with Crippen molar-refractivity contribution in [3.8, 4) is 0 Å². The molecule has 0 unspecified atom stereocenters. The number of benzene rings is 1. The first-order chi connectivity index (χ1) is 12.0. The van der Waals surface area contributed by atoms with E-state index in [0.29, 0.717) is 30.8 Å². The highest BCUT2D eigenvalue weighted by atomic mass is 16.4. The minimum atomic E-state index is -1.01. The summed E-state index contributed by atoms with van der Waals surface area (Å²) in [4.78, 5) is 50.4. The SMILES string of the molecule is O=C1CN(C(=O)CCC(=O)N2CCC[C@@H]2C(=O)O)c2ccccc2N1. The highest BCUT2D eigenvalue weighted by Gasteiger charge is 2.34. The van der Waals surface area contributed by atoms with E-state index >= 15 is 0 Å². The zero-order valence-corrected chi connectivity index (χ0v) is 13.6. The van der Waals surface area contributed by atoms with Gasteiger partial charge in [0.2, 0.25) is 17.7 Å². The zero-order chi connectivity index (χ0) is 18.0. The Morgan fingerprint density at radius 1 is 1.16 bits per heavy atom. The molecule has 132 valence electrons. The van der Waals surface area contributed by atoms with Gasteiger partial charge in [0.05, 0.1) is 11.4 Å². The Bertz CT molecular complexity index is 733. The number of hydrogen-bond donors (Lipinski definition) is 2. The Hall–Kier alpha value is -2.90. The molecule has 1 aromatic carbocycles. The molecule has 2 aliphatic heterocycles. The van der Waals surface area contributed by atoms with Crippen LogP contribution in [0.15, 0.2) is 24.3 Å². The standard InChI is InChI=1S/C17H19N3O5/c21-14-10-20(12-5-2-1-4-11(12)18-14)16(23)8-7-15(22)19-9-3-6-13(19)17(24)25/h1-2,4-5,13H,3,6-10H2,(H,18,21)(H,24,25)/t13-/m1/s1. The molecule has 0 aromatic heterocycles. The number of fused-ring (bicyclic) bond motifs is 1. The lowest BCUT2D eigenvalue weighted by molar-refractivity contribution is -0.148. The fourth-order valence-corrected chi connectivity index (χ4v) is 3.27. The maximum atomic E-state index is 12.5. The van der Waals surface area contributed by atoms with Crippen LogP contribution >= 0.6 is 0 Å². The molecule has 2 heterocycles. The molecular weight excluding hydrogens is 326 g/mol. The molecular formula is C17H19N3O5. The largest absolute Gasteiger partial charge is 0.480 e. The van der Waals surface area contributed by atoms with Gasteiger partial charge in [-0.3, -0.25) is 14.4 Å². The number of hydrogen-bond acceptors (Lipinski definition) is 4. The van der Waals surface area contributed by atoms with Crippen LogP contribution in [0.1, 0.15) is 25.7 Å². The van der Waals surface area contributed by atoms with Crippen molar-refractivity contribution < 1.29 is 24.3 Å². The van der Waals surface area contributed by atoms with Gasteiger partial charge in [0, 0.05) is 19.4 Å². The van der Waals surface area contributed by atoms with E-state index in [0.717, 1.165) is 0 Å². The molecule has 2 aliphatic rings. The van der Waals surface area contributed by atoms with Gasteiger partial charge in [0.25, 0.3) is 0 Å². The van der Waals surface area contributed by atoms with Crippen LogP contribution in [-0.2, 0) is 19.2 Å². The molecule has 8 heteroatoms. The van der Waals surface area contributed by atoms with Crippen LogP contribution in [0.3, 0.4) is 0 Å². The molecule has 0 saturated carbocycles. The fraction of sp³-hybridized carbons (Fsp3) is 0.412. The molecule has 3 rings (SSSR count). The van der Waals surface area contributed by atoms with E-state index in [1.54, 1.807) is 24.3 Å². The predicted octanol–water partition coefficient (Wildman–Crippen LogP) is 0.827. The normalized spacial score (nSPS) is 19.4. The number of para-hydroxylation sites is 2. The monoisotopic (exact) mass is 345 g/mol. The number of nitrogens with zero attached hydrogens (tertiary/aromatic N) is 2. The molecule has 1 aromatic rings. The van der Waals surface area contributed by atoms with Crippen LogP contribution in [0.5, 0.6) is 0 Å². The van der Waals surface area contributed by atoms with Gasteiger partial charge >= 0.3 is 5.97 Å². The molecule has 25 heavy (non-hydrogen) atoms. The highest BCUT2D eigenvalue weighted by Crippen LogP contribution is 2.29. The molecule has 0 spiro atoms. The Labute approximate surface area is 144 Å². The van der Waals surface area contributed by atoms with Gasteiger partial charge in [-0.15, -0.1) is 0 Å². The van der Waals surface area contributed by atoms with Crippen molar-refractivity contribution in [1.82, 2.24) is 4.90 Å². The molecule has 8 nitrogen and oxygen atoms in total. The second-order valence-corrected chi connectivity index (χ2v) is 6.13. The lowest BCUT2D eigenvalue weighted by atomic mass is 10.1. The average molecular weight is 345 g/mol. The fourth-order valence-electron chi connectivity index (χ4n) is 3.27. The second kappa shape index (κ2) is 6.92. The number of carbonyl (C=O) groups excluding carboxylic acids is 3. The van der Waals surface area contributed by atoms with Gasteiger partial charge in [-0.05, 0) is 25.0 Å². The summed E-state index contributed by atoms with van der Waals surface area (Å²) in [7, 11) is 0. The number of nitrogens with one attached hydrogen (secondary N) is 1. The maximum Gasteiger partial charge on any atom is 0.326 e. The van der Waals surface area contributed by atoms with Crippen LogP contribution < -0.4 is 10.2 Å². The number of rotatable bonds is 4. The smallest absolute Gasteiger partial charge is 0.326 e. The van der Waals surface area contributed by atoms with Crippen LogP contribution in [0.2, 0.25) is 0 Å². The Morgan fingerprint density at radius 2 is 1.88 bits per heavy atom. The molecule has 2 N–H and O–H groups in total. The Morgan fingerprint density at radius 3 is 2.64 bits per heavy atom. The number of carbonyl (C=O) groups is 4. The van der Waals surface area contributed by atoms with E-state index in [1.165, 1.54) is 9.80 Å². The molecule has 0 radical (unpaired) electrons. The van der Waals surface area contributed by atoms with E-state index in [1.807, 2.05) is 0 Å². The molecule has 0 aliphatic carbocycles. The van der Waals surface area contributed by atoms with Gasteiger partial charge < -0.3 is 20.2 Å². The van der Waals surface area contributed by atoms with Crippen molar-refractivity contribution in [3.63, 3.8) is 0 Å². The number of carboxylic acid groups (broad SMARTS) is 1. The summed E-state index contributed by atoms with van der Waals surface area (Å²) in [6.07, 6.45) is 0.956. The number of carboxylic acids is 1. The van der Waals surface area contributed by atoms with Gasteiger partial charge in [-0.1, -0.05) is 12.1 Å². The summed E-state index contributed by atoms with van der Waals surface area (Å²) in [6, 6.07) is 6.16. The molecule has 1 fully saturated rings. The molecule has 1 saturated heterocycles. The average Bonchev–Trinajstić information content (AvgIpc) is 3.08. The number of amides is 3. The second-order valence-electron chi connectivity index (χ2n) is 6.13. The summed E-state index contributed by atoms with van der Waals surface area (Å²) in [6.45, 7) is 0.310. The van der Waals surface area contributed by atoms with Crippen LogP contribution in [-0.4, -0.2) is 52.8 Å². The predicted molar refractivity (Wildman–Crippen MR) is 89.0 cm³/mol. The van der Waals surface area contributed by atoms with Crippen molar-refractivity contribution in [2.75, 3.05) is 23.3 Å². The lowest BCUT2D eigenvalue weighted by Crippen LogP contribution is -2.43. The number of aliphatic carboxylic acids is 1. The van der Waals surface area contributed by atoms with Crippen molar-refractivity contribution in [2.45, 2.75) is 31.7 Å². The summed E-state index contributed by atoms with van der Waals surface area (Å²) in [5, 5.41) is 11.8. The minimum Gasteiger partial charge on any atom is -0.480 e. The van der Waals surface area contributed by atoms with E-state index < -0.39 is 12.0 Å². The number of anilines is 2. The van der Waals surface area contributed by atoms with E-state index in [2.05, 4.69) is 5.32 Å². The first kappa shape index (κ1) is 16.9. The topological polar surface area (TPSA) is 107 Å². The van der Waals surface area contributed by atoms with Gasteiger partial charge in [-0.25, -0.2) is 4.79 Å². The van der Waals surface area contributed by atoms with Gasteiger partial charge in [0.1, 0.15) is 12.6 Å². The molecule has 1 atom stereocenters.